The molecule has 1 fully saturated rings. The van der Waals surface area contributed by atoms with Crippen LogP contribution in [0.15, 0.2) is 48.7 Å². The van der Waals surface area contributed by atoms with Gasteiger partial charge in [-0.05, 0) is 49.4 Å². The number of imidazole rings is 1. The number of pyridine rings is 2. The van der Waals surface area contributed by atoms with Gasteiger partial charge in [0.25, 0.3) is 0 Å². The fourth-order valence-corrected chi connectivity index (χ4v) is 3.95. The van der Waals surface area contributed by atoms with Crippen LogP contribution in [0, 0.1) is 12.7 Å². The molecule has 0 radical (unpaired) electrons. The normalized spacial score (nSPS) is 14.4. The van der Waals surface area contributed by atoms with Crippen LogP contribution in [0.3, 0.4) is 0 Å². The van der Waals surface area contributed by atoms with Crippen molar-refractivity contribution in [2.75, 3.05) is 31.1 Å². The van der Waals surface area contributed by atoms with Crippen LogP contribution in [0.1, 0.15) is 5.69 Å². The van der Waals surface area contributed by atoms with Gasteiger partial charge in [0.2, 0.25) is 0 Å². The maximum atomic E-state index is 14.8. The molecular formula is C22H20ClFN6. The first-order chi connectivity index (χ1) is 14.6. The number of aromatic nitrogens is 4. The predicted molar refractivity (Wildman–Crippen MR) is 117 cm³/mol. The Labute approximate surface area is 178 Å². The zero-order valence-corrected chi connectivity index (χ0v) is 17.2. The topological polar surface area (TPSA) is 58.9 Å². The van der Waals surface area contributed by atoms with Crippen LogP contribution in [0.5, 0.6) is 0 Å². The third kappa shape index (κ3) is 3.40. The highest BCUT2D eigenvalue weighted by molar-refractivity contribution is 6.30. The van der Waals surface area contributed by atoms with Crippen molar-refractivity contribution in [1.82, 2.24) is 24.8 Å². The minimum Gasteiger partial charge on any atom is -0.354 e. The Morgan fingerprint density at radius 2 is 1.87 bits per heavy atom. The number of nitrogens with one attached hydrogen (secondary N) is 1. The third-order valence-electron chi connectivity index (χ3n) is 5.24. The zero-order valence-electron chi connectivity index (χ0n) is 16.4. The van der Waals surface area contributed by atoms with E-state index in [1.165, 1.54) is 12.1 Å². The quantitative estimate of drug-likeness (QED) is 0.541. The fourth-order valence-electron chi connectivity index (χ4n) is 3.78. The summed E-state index contributed by atoms with van der Waals surface area (Å²) >= 11 is 6.17. The molecule has 1 N–H and O–H groups in total. The highest BCUT2D eigenvalue weighted by atomic mass is 35.5. The first-order valence-corrected chi connectivity index (χ1v) is 10.2. The number of hydrogen-bond donors (Lipinski definition) is 1. The minimum atomic E-state index is -0.385. The molecule has 1 aliphatic rings. The van der Waals surface area contributed by atoms with Gasteiger partial charge < -0.3 is 10.2 Å². The van der Waals surface area contributed by atoms with Crippen molar-refractivity contribution in [2.24, 2.45) is 0 Å². The molecule has 0 spiro atoms. The zero-order chi connectivity index (χ0) is 20.7. The second-order valence-corrected chi connectivity index (χ2v) is 7.74. The second kappa shape index (κ2) is 7.66. The number of aryl methyl sites for hydroxylation is 1. The second-order valence-electron chi connectivity index (χ2n) is 7.30. The van der Waals surface area contributed by atoms with Crippen LogP contribution in [0.4, 0.5) is 10.2 Å². The Kier molecular flexibility index (Phi) is 4.84. The number of anilines is 1. The van der Waals surface area contributed by atoms with E-state index >= 15 is 0 Å². The Morgan fingerprint density at radius 3 is 2.67 bits per heavy atom. The number of fused-ring (bicyclic) bond motifs is 1. The molecule has 0 aliphatic carbocycles. The van der Waals surface area contributed by atoms with Gasteiger partial charge in [-0.2, -0.15) is 0 Å². The van der Waals surface area contributed by atoms with Crippen LogP contribution in [0.2, 0.25) is 5.02 Å². The van der Waals surface area contributed by atoms with Gasteiger partial charge in [-0.1, -0.05) is 11.6 Å². The summed E-state index contributed by atoms with van der Waals surface area (Å²) in [6, 6.07) is 12.2. The van der Waals surface area contributed by atoms with Gasteiger partial charge in [0.05, 0.1) is 11.3 Å². The predicted octanol–water partition coefficient (Wildman–Crippen LogP) is 3.99. The average Bonchev–Trinajstić information content (AvgIpc) is 3.14. The van der Waals surface area contributed by atoms with Crippen molar-refractivity contribution in [1.29, 1.82) is 0 Å². The molecule has 152 valence electrons. The number of piperazine rings is 1. The van der Waals surface area contributed by atoms with E-state index in [-0.39, 0.29) is 5.82 Å². The maximum Gasteiger partial charge on any atom is 0.167 e. The van der Waals surface area contributed by atoms with E-state index in [0.29, 0.717) is 27.6 Å². The Morgan fingerprint density at radius 1 is 1.03 bits per heavy atom. The van der Waals surface area contributed by atoms with Crippen molar-refractivity contribution >= 4 is 28.6 Å². The third-order valence-corrected chi connectivity index (χ3v) is 5.47. The molecule has 8 heteroatoms. The molecule has 0 saturated carbocycles. The van der Waals surface area contributed by atoms with E-state index in [9.17, 15) is 4.39 Å². The van der Waals surface area contributed by atoms with E-state index < -0.39 is 0 Å². The molecule has 5 rings (SSSR count). The summed E-state index contributed by atoms with van der Waals surface area (Å²) in [5.41, 5.74) is 3.37. The van der Waals surface area contributed by atoms with Crippen LogP contribution in [-0.2, 0) is 0 Å². The maximum absolute atomic E-state index is 14.8. The highest BCUT2D eigenvalue weighted by Gasteiger charge is 2.21. The first-order valence-electron chi connectivity index (χ1n) is 9.84. The van der Waals surface area contributed by atoms with Gasteiger partial charge in [-0.15, -0.1) is 0 Å². The van der Waals surface area contributed by atoms with Crippen molar-refractivity contribution in [3.05, 3.63) is 65.2 Å². The van der Waals surface area contributed by atoms with Crippen LogP contribution >= 0.6 is 11.6 Å². The molecule has 0 amide bonds. The molecule has 0 bridgehead atoms. The minimum absolute atomic E-state index is 0.332. The standard InChI is InChI=1S/C22H20ClFN6/c1-14-12-16(6-7-26-14)30-21(17-13-15(23)2-3-18(17)24)27-19-4-5-20(28-22(19)30)29-10-8-25-9-11-29/h2-7,12-13,25H,8-11H2,1H3. The van der Waals surface area contributed by atoms with E-state index in [4.69, 9.17) is 21.6 Å². The van der Waals surface area contributed by atoms with Gasteiger partial charge in [0.1, 0.15) is 23.0 Å². The van der Waals surface area contributed by atoms with Crippen molar-refractivity contribution in [2.45, 2.75) is 6.92 Å². The molecule has 1 aromatic carbocycles. The summed E-state index contributed by atoms with van der Waals surface area (Å²) in [5.74, 6) is 0.957. The van der Waals surface area contributed by atoms with Gasteiger partial charge in [0.15, 0.2) is 5.65 Å². The number of hydrogen-bond acceptors (Lipinski definition) is 5. The van der Waals surface area contributed by atoms with Gasteiger partial charge in [0, 0.05) is 43.1 Å². The van der Waals surface area contributed by atoms with Gasteiger partial charge in [-0.25, -0.2) is 14.4 Å². The number of benzene rings is 1. The summed E-state index contributed by atoms with van der Waals surface area (Å²) in [5, 5.41) is 3.80. The SMILES string of the molecule is Cc1cc(-n2c(-c3cc(Cl)ccc3F)nc3ccc(N4CCNCC4)nc32)ccn1. The van der Waals surface area contributed by atoms with E-state index in [2.05, 4.69) is 15.2 Å². The molecule has 6 nitrogen and oxygen atoms in total. The van der Waals surface area contributed by atoms with E-state index in [0.717, 1.165) is 43.4 Å². The summed E-state index contributed by atoms with van der Waals surface area (Å²) in [6.07, 6.45) is 1.73. The van der Waals surface area contributed by atoms with Gasteiger partial charge in [-0.3, -0.25) is 9.55 Å². The molecule has 1 aliphatic heterocycles. The summed E-state index contributed by atoms with van der Waals surface area (Å²) in [6.45, 7) is 5.53. The molecule has 1 saturated heterocycles. The lowest BCUT2D eigenvalue weighted by molar-refractivity contribution is 0.585. The molecule has 4 heterocycles. The van der Waals surface area contributed by atoms with Crippen molar-refractivity contribution in [3.63, 3.8) is 0 Å². The smallest absolute Gasteiger partial charge is 0.167 e. The largest absolute Gasteiger partial charge is 0.354 e. The molecule has 4 aromatic rings. The number of nitrogens with zero attached hydrogens (tertiary/aromatic N) is 5. The lowest BCUT2D eigenvalue weighted by atomic mass is 10.2. The lowest BCUT2D eigenvalue weighted by Gasteiger charge is -2.28. The lowest BCUT2D eigenvalue weighted by Crippen LogP contribution is -2.43. The van der Waals surface area contributed by atoms with E-state index in [1.54, 1.807) is 12.3 Å². The van der Waals surface area contributed by atoms with Crippen molar-refractivity contribution < 1.29 is 4.39 Å². The summed E-state index contributed by atoms with van der Waals surface area (Å²) < 4.78 is 16.6. The summed E-state index contributed by atoms with van der Waals surface area (Å²) in [4.78, 5) is 16.2. The average molecular weight is 423 g/mol. The number of rotatable bonds is 3. The van der Waals surface area contributed by atoms with E-state index in [1.807, 2.05) is 35.8 Å². The number of halogens is 2. The van der Waals surface area contributed by atoms with Crippen LogP contribution < -0.4 is 10.2 Å². The molecular weight excluding hydrogens is 403 g/mol. The Hall–Kier alpha value is -3.03. The van der Waals surface area contributed by atoms with Crippen LogP contribution in [-0.4, -0.2) is 45.7 Å². The highest BCUT2D eigenvalue weighted by Crippen LogP contribution is 2.32. The Balaban J connectivity index is 1.77. The van der Waals surface area contributed by atoms with Crippen molar-refractivity contribution in [3.8, 4) is 17.1 Å². The summed E-state index contributed by atoms with van der Waals surface area (Å²) in [7, 11) is 0. The molecule has 3 aromatic heterocycles. The molecule has 0 unspecified atom stereocenters. The first kappa shape index (κ1) is 19.0. The van der Waals surface area contributed by atoms with Crippen LogP contribution in [0.25, 0.3) is 28.2 Å². The Bertz CT molecular complexity index is 1230. The monoisotopic (exact) mass is 422 g/mol. The van der Waals surface area contributed by atoms with Gasteiger partial charge >= 0.3 is 0 Å². The fraction of sp³-hybridized carbons (Fsp3) is 0.227. The molecule has 30 heavy (non-hydrogen) atoms. The molecule has 0 atom stereocenters.